The number of rotatable bonds is 2. The molecule has 1 amide bonds. The first-order valence-corrected chi connectivity index (χ1v) is 6.17. The van der Waals surface area contributed by atoms with E-state index in [1.54, 1.807) is 4.90 Å². The van der Waals surface area contributed by atoms with Crippen molar-refractivity contribution in [1.29, 1.82) is 0 Å². The molecule has 0 saturated carbocycles. The SMILES string of the molecule is NCCN1CC2(CCCSC2)OC1=O. The first-order valence-electron chi connectivity index (χ1n) is 5.01. The minimum absolute atomic E-state index is 0.182. The third kappa shape index (κ3) is 1.83. The monoisotopic (exact) mass is 216 g/mol. The van der Waals surface area contributed by atoms with Gasteiger partial charge in [-0.15, -0.1) is 0 Å². The Kier molecular flexibility index (Phi) is 2.88. The maximum absolute atomic E-state index is 11.5. The van der Waals surface area contributed by atoms with Crippen molar-refractivity contribution >= 4 is 17.9 Å². The molecule has 5 heteroatoms. The van der Waals surface area contributed by atoms with Gasteiger partial charge in [0.1, 0.15) is 5.60 Å². The second kappa shape index (κ2) is 3.98. The second-order valence-corrected chi connectivity index (χ2v) is 5.02. The lowest BCUT2D eigenvalue weighted by Crippen LogP contribution is -2.40. The van der Waals surface area contributed by atoms with Gasteiger partial charge in [-0.2, -0.15) is 11.8 Å². The molecule has 1 spiro atoms. The molecule has 80 valence electrons. The lowest BCUT2D eigenvalue weighted by atomic mass is 10.00. The number of ether oxygens (including phenoxy) is 1. The van der Waals surface area contributed by atoms with Gasteiger partial charge in [-0.25, -0.2) is 4.79 Å². The van der Waals surface area contributed by atoms with Gasteiger partial charge in [0.15, 0.2) is 0 Å². The van der Waals surface area contributed by atoms with Gasteiger partial charge in [0.25, 0.3) is 0 Å². The van der Waals surface area contributed by atoms with Crippen molar-refractivity contribution in [3.8, 4) is 0 Å². The minimum Gasteiger partial charge on any atom is -0.440 e. The molecule has 2 fully saturated rings. The Hall–Kier alpha value is -0.420. The topological polar surface area (TPSA) is 55.6 Å². The van der Waals surface area contributed by atoms with Crippen molar-refractivity contribution in [3.63, 3.8) is 0 Å². The van der Waals surface area contributed by atoms with E-state index in [4.69, 9.17) is 10.5 Å². The largest absolute Gasteiger partial charge is 0.440 e. The summed E-state index contributed by atoms with van der Waals surface area (Å²) in [6, 6.07) is 0. The van der Waals surface area contributed by atoms with Crippen LogP contribution < -0.4 is 5.73 Å². The van der Waals surface area contributed by atoms with Gasteiger partial charge >= 0.3 is 6.09 Å². The summed E-state index contributed by atoms with van der Waals surface area (Å²) in [6.07, 6.45) is 1.97. The maximum atomic E-state index is 11.5. The molecule has 2 aliphatic rings. The number of hydrogen-bond donors (Lipinski definition) is 1. The van der Waals surface area contributed by atoms with Crippen molar-refractivity contribution in [1.82, 2.24) is 4.90 Å². The number of amides is 1. The molecule has 4 nitrogen and oxygen atoms in total. The maximum Gasteiger partial charge on any atom is 0.410 e. The molecule has 2 aliphatic heterocycles. The standard InChI is InChI=1S/C9H16N2O2S/c10-3-4-11-6-9(13-8(11)12)2-1-5-14-7-9/h1-7,10H2. The van der Waals surface area contributed by atoms with Crippen LogP contribution in [0.2, 0.25) is 0 Å². The Morgan fingerprint density at radius 2 is 2.50 bits per heavy atom. The summed E-state index contributed by atoms with van der Waals surface area (Å²) in [6.45, 7) is 1.86. The van der Waals surface area contributed by atoms with Gasteiger partial charge in [-0.1, -0.05) is 0 Å². The summed E-state index contributed by atoms with van der Waals surface area (Å²) in [4.78, 5) is 13.2. The molecule has 0 bridgehead atoms. The number of nitrogens with two attached hydrogens (primary N) is 1. The van der Waals surface area contributed by atoms with Crippen molar-refractivity contribution in [2.45, 2.75) is 18.4 Å². The van der Waals surface area contributed by atoms with Gasteiger partial charge in [0, 0.05) is 18.8 Å². The lowest BCUT2D eigenvalue weighted by Gasteiger charge is -2.30. The molecule has 0 radical (unpaired) electrons. The summed E-state index contributed by atoms with van der Waals surface area (Å²) in [5, 5.41) is 0. The zero-order valence-electron chi connectivity index (χ0n) is 8.20. The summed E-state index contributed by atoms with van der Waals surface area (Å²) in [5.41, 5.74) is 5.23. The number of carbonyl (C=O) groups excluding carboxylic acids is 1. The lowest BCUT2D eigenvalue weighted by molar-refractivity contribution is 0.0661. The van der Waals surface area contributed by atoms with E-state index in [-0.39, 0.29) is 11.7 Å². The van der Waals surface area contributed by atoms with E-state index in [1.165, 1.54) is 5.75 Å². The van der Waals surface area contributed by atoms with Crippen molar-refractivity contribution in [2.24, 2.45) is 5.73 Å². The van der Waals surface area contributed by atoms with Crippen molar-refractivity contribution in [3.05, 3.63) is 0 Å². The van der Waals surface area contributed by atoms with E-state index in [2.05, 4.69) is 0 Å². The Balaban J connectivity index is 1.99. The zero-order valence-corrected chi connectivity index (χ0v) is 9.02. The second-order valence-electron chi connectivity index (χ2n) is 3.92. The first-order chi connectivity index (χ1) is 6.76. The van der Waals surface area contributed by atoms with Crippen LogP contribution in [0.5, 0.6) is 0 Å². The Morgan fingerprint density at radius 1 is 1.64 bits per heavy atom. The van der Waals surface area contributed by atoms with Crippen LogP contribution in [0.15, 0.2) is 0 Å². The molecule has 2 N–H and O–H groups in total. The van der Waals surface area contributed by atoms with Gasteiger partial charge in [-0.3, -0.25) is 0 Å². The van der Waals surface area contributed by atoms with E-state index in [0.717, 1.165) is 25.1 Å². The number of hydrogen-bond acceptors (Lipinski definition) is 4. The summed E-state index contributed by atoms with van der Waals surface area (Å²) in [7, 11) is 0. The van der Waals surface area contributed by atoms with Crippen LogP contribution in [0, 0.1) is 0 Å². The molecule has 1 unspecified atom stereocenters. The molecule has 2 saturated heterocycles. The van der Waals surface area contributed by atoms with E-state index in [9.17, 15) is 4.79 Å². The molecular formula is C9H16N2O2S. The summed E-state index contributed by atoms with van der Waals surface area (Å²) >= 11 is 1.88. The Labute approximate surface area is 88.1 Å². The molecule has 2 heterocycles. The highest BCUT2D eigenvalue weighted by atomic mass is 32.2. The highest BCUT2D eigenvalue weighted by Gasteiger charge is 2.45. The highest BCUT2D eigenvalue weighted by molar-refractivity contribution is 7.99. The number of carbonyl (C=O) groups is 1. The van der Waals surface area contributed by atoms with Gasteiger partial charge < -0.3 is 15.4 Å². The first kappa shape index (κ1) is 10.1. The highest BCUT2D eigenvalue weighted by Crippen LogP contribution is 2.35. The van der Waals surface area contributed by atoms with E-state index in [1.807, 2.05) is 11.8 Å². The van der Waals surface area contributed by atoms with Crippen LogP contribution in [0.25, 0.3) is 0 Å². The fraction of sp³-hybridized carbons (Fsp3) is 0.889. The smallest absolute Gasteiger partial charge is 0.410 e. The zero-order chi connectivity index (χ0) is 10.0. The predicted octanol–water partition coefficient (Wildman–Crippen LogP) is 0.663. The fourth-order valence-corrected chi connectivity index (χ4v) is 3.21. The molecule has 2 rings (SSSR count). The van der Waals surface area contributed by atoms with E-state index >= 15 is 0 Å². The van der Waals surface area contributed by atoms with Crippen LogP contribution >= 0.6 is 11.8 Å². The van der Waals surface area contributed by atoms with Gasteiger partial charge in [-0.05, 0) is 18.6 Å². The van der Waals surface area contributed by atoms with Gasteiger partial charge in [0.05, 0.1) is 6.54 Å². The molecule has 1 atom stereocenters. The van der Waals surface area contributed by atoms with E-state index in [0.29, 0.717) is 13.1 Å². The van der Waals surface area contributed by atoms with E-state index < -0.39 is 0 Å². The summed E-state index contributed by atoms with van der Waals surface area (Å²) in [5.74, 6) is 2.13. The van der Waals surface area contributed by atoms with Crippen LogP contribution in [0.3, 0.4) is 0 Å². The quantitative estimate of drug-likeness (QED) is 0.737. The average Bonchev–Trinajstić information content (AvgIpc) is 2.45. The number of thioether (sulfide) groups is 1. The average molecular weight is 216 g/mol. The molecule has 14 heavy (non-hydrogen) atoms. The summed E-state index contributed by atoms with van der Waals surface area (Å²) < 4.78 is 5.47. The minimum atomic E-state index is -0.199. The van der Waals surface area contributed by atoms with Crippen LogP contribution in [0.1, 0.15) is 12.8 Å². The number of nitrogens with zero attached hydrogens (tertiary/aromatic N) is 1. The van der Waals surface area contributed by atoms with Crippen molar-refractivity contribution < 1.29 is 9.53 Å². The molecule has 0 aliphatic carbocycles. The van der Waals surface area contributed by atoms with Crippen LogP contribution in [-0.2, 0) is 4.74 Å². The molecule has 0 aromatic heterocycles. The predicted molar refractivity (Wildman–Crippen MR) is 56.4 cm³/mol. The third-order valence-corrected chi connectivity index (χ3v) is 4.03. The van der Waals surface area contributed by atoms with Crippen LogP contribution in [0.4, 0.5) is 4.79 Å². The normalized spacial score (nSPS) is 32.4. The fourth-order valence-electron chi connectivity index (χ4n) is 2.05. The molecule has 0 aromatic carbocycles. The van der Waals surface area contributed by atoms with Crippen LogP contribution in [-0.4, -0.2) is 47.7 Å². The van der Waals surface area contributed by atoms with Crippen molar-refractivity contribution in [2.75, 3.05) is 31.1 Å². The Morgan fingerprint density at radius 3 is 3.14 bits per heavy atom. The third-order valence-electron chi connectivity index (χ3n) is 2.73. The van der Waals surface area contributed by atoms with Gasteiger partial charge in [0.2, 0.25) is 0 Å². The molecule has 0 aromatic rings. The Bertz CT molecular complexity index is 229. The molecular weight excluding hydrogens is 200 g/mol.